The van der Waals surface area contributed by atoms with E-state index in [2.05, 4.69) is 35.2 Å². The minimum absolute atomic E-state index is 0.163. The largest absolute Gasteiger partial charge is 0.375 e. The highest BCUT2D eigenvalue weighted by Gasteiger charge is 2.27. The fraction of sp³-hybridized carbons (Fsp3) is 0.480. The lowest BCUT2D eigenvalue weighted by atomic mass is 10.0. The Kier molecular flexibility index (Phi) is 7.42. The summed E-state index contributed by atoms with van der Waals surface area (Å²) in [7, 11) is 0. The summed E-state index contributed by atoms with van der Waals surface area (Å²) in [6.45, 7) is 4.77. The van der Waals surface area contributed by atoms with Crippen molar-refractivity contribution in [2.24, 2.45) is 0 Å². The zero-order valence-corrected chi connectivity index (χ0v) is 18.3. The molecule has 2 aliphatic heterocycles. The van der Waals surface area contributed by atoms with Gasteiger partial charge in [-0.1, -0.05) is 60.1 Å². The molecule has 2 aromatic carbocycles. The minimum Gasteiger partial charge on any atom is -0.375 e. The van der Waals surface area contributed by atoms with E-state index in [1.165, 1.54) is 5.56 Å². The molecule has 0 aliphatic carbocycles. The van der Waals surface area contributed by atoms with Gasteiger partial charge in [-0.25, -0.2) is 0 Å². The summed E-state index contributed by atoms with van der Waals surface area (Å²) in [4.78, 5) is 17.1. The van der Waals surface area contributed by atoms with Crippen LogP contribution in [0.3, 0.4) is 0 Å². The van der Waals surface area contributed by atoms with E-state index in [0.29, 0.717) is 17.5 Å². The fourth-order valence-corrected chi connectivity index (χ4v) is 4.68. The monoisotopic (exact) mass is 426 g/mol. The minimum atomic E-state index is 0.163. The second kappa shape index (κ2) is 10.4. The Morgan fingerprint density at radius 1 is 0.867 bits per heavy atom. The second-order valence-corrected chi connectivity index (χ2v) is 8.85. The number of piperidine rings is 2. The Labute approximate surface area is 184 Å². The number of nitrogens with zero attached hydrogens (tertiary/aromatic N) is 2. The number of amides is 1. The Balaban J connectivity index is 1.17. The molecule has 2 heterocycles. The second-order valence-electron chi connectivity index (χ2n) is 8.45. The molecular weight excluding hydrogens is 396 g/mol. The number of likely N-dealkylation sites (tertiary alicyclic amines) is 2. The van der Waals surface area contributed by atoms with E-state index in [-0.39, 0.29) is 12.0 Å². The number of hydrogen-bond acceptors (Lipinski definition) is 3. The van der Waals surface area contributed by atoms with Crippen molar-refractivity contribution in [2.45, 2.75) is 50.9 Å². The van der Waals surface area contributed by atoms with Crippen LogP contribution in [0, 0.1) is 0 Å². The van der Waals surface area contributed by atoms with Gasteiger partial charge in [-0.05, 0) is 42.9 Å². The van der Waals surface area contributed by atoms with Crippen LogP contribution in [0.15, 0.2) is 54.6 Å². The van der Waals surface area contributed by atoms with Crippen molar-refractivity contribution >= 4 is 17.5 Å². The van der Waals surface area contributed by atoms with Gasteiger partial charge in [0, 0.05) is 37.7 Å². The highest BCUT2D eigenvalue weighted by Crippen LogP contribution is 2.23. The van der Waals surface area contributed by atoms with E-state index < -0.39 is 0 Å². The summed E-state index contributed by atoms with van der Waals surface area (Å²) in [5, 5.41) is 0.669. The van der Waals surface area contributed by atoms with Crippen molar-refractivity contribution in [1.82, 2.24) is 9.80 Å². The van der Waals surface area contributed by atoms with Crippen molar-refractivity contribution in [3.05, 3.63) is 70.7 Å². The molecular formula is C25H31ClN2O2. The fourth-order valence-electron chi connectivity index (χ4n) is 4.48. The molecule has 160 valence electrons. The summed E-state index contributed by atoms with van der Waals surface area (Å²) >= 11 is 6.20. The first kappa shape index (κ1) is 21.4. The molecule has 4 rings (SSSR count). The molecule has 30 heavy (non-hydrogen) atoms. The van der Waals surface area contributed by atoms with Gasteiger partial charge < -0.3 is 9.64 Å². The summed E-state index contributed by atoms with van der Waals surface area (Å²) in [6, 6.07) is 18.3. The van der Waals surface area contributed by atoms with Crippen LogP contribution in [-0.2, 0) is 22.5 Å². The summed E-state index contributed by atoms with van der Waals surface area (Å²) in [5.74, 6) is 0.163. The molecule has 4 nitrogen and oxygen atoms in total. The molecule has 0 saturated carbocycles. The lowest BCUT2D eigenvalue weighted by Gasteiger charge is -2.37. The van der Waals surface area contributed by atoms with Crippen molar-refractivity contribution in [3.8, 4) is 0 Å². The molecule has 0 spiro atoms. The number of ether oxygens (including phenoxy) is 1. The average molecular weight is 427 g/mol. The van der Waals surface area contributed by atoms with Crippen LogP contribution in [0.1, 0.15) is 36.8 Å². The quantitative estimate of drug-likeness (QED) is 0.679. The summed E-state index contributed by atoms with van der Waals surface area (Å²) < 4.78 is 6.41. The summed E-state index contributed by atoms with van der Waals surface area (Å²) in [5.41, 5.74) is 2.29. The number of carbonyl (C=O) groups is 1. The smallest absolute Gasteiger partial charge is 0.227 e. The predicted octanol–water partition coefficient (Wildman–Crippen LogP) is 4.55. The van der Waals surface area contributed by atoms with Crippen LogP contribution < -0.4 is 0 Å². The van der Waals surface area contributed by atoms with Gasteiger partial charge in [0.1, 0.15) is 0 Å². The number of halogens is 1. The molecule has 0 aromatic heterocycles. The Hall–Kier alpha value is -1.88. The van der Waals surface area contributed by atoms with Gasteiger partial charge in [0.15, 0.2) is 0 Å². The van der Waals surface area contributed by atoms with Gasteiger partial charge >= 0.3 is 0 Å². The van der Waals surface area contributed by atoms with E-state index in [9.17, 15) is 4.79 Å². The topological polar surface area (TPSA) is 32.8 Å². The third kappa shape index (κ3) is 5.84. The maximum atomic E-state index is 12.6. The Morgan fingerprint density at radius 2 is 1.47 bits per heavy atom. The predicted molar refractivity (Wildman–Crippen MR) is 121 cm³/mol. The normalized spacial score (nSPS) is 19.2. The number of benzene rings is 2. The molecule has 2 aliphatic rings. The van der Waals surface area contributed by atoms with E-state index in [4.69, 9.17) is 16.3 Å². The van der Waals surface area contributed by atoms with Gasteiger partial charge in [0.05, 0.1) is 18.6 Å². The van der Waals surface area contributed by atoms with Crippen LogP contribution in [0.5, 0.6) is 0 Å². The highest BCUT2D eigenvalue weighted by molar-refractivity contribution is 6.31. The van der Waals surface area contributed by atoms with Crippen LogP contribution in [0.25, 0.3) is 0 Å². The Bertz CT molecular complexity index is 813. The molecule has 0 bridgehead atoms. The molecule has 0 atom stereocenters. The standard InChI is InChI=1S/C25H31ClN2O2/c26-24-9-5-4-8-21(24)18-25(29)28-16-12-23(13-17-28)30-22-10-14-27(15-11-22)19-20-6-2-1-3-7-20/h1-9,22-23H,10-19H2. The van der Waals surface area contributed by atoms with Gasteiger partial charge in [-0.2, -0.15) is 0 Å². The van der Waals surface area contributed by atoms with Crippen LogP contribution in [0.4, 0.5) is 0 Å². The third-order valence-corrected chi connectivity index (χ3v) is 6.63. The zero-order valence-electron chi connectivity index (χ0n) is 17.5. The average Bonchev–Trinajstić information content (AvgIpc) is 2.78. The lowest BCUT2D eigenvalue weighted by Crippen LogP contribution is -2.44. The number of rotatable bonds is 6. The number of hydrogen-bond donors (Lipinski definition) is 0. The molecule has 2 aromatic rings. The number of carbonyl (C=O) groups excluding carboxylic acids is 1. The molecule has 2 fully saturated rings. The van der Waals surface area contributed by atoms with Crippen molar-refractivity contribution < 1.29 is 9.53 Å². The van der Waals surface area contributed by atoms with E-state index >= 15 is 0 Å². The van der Waals surface area contributed by atoms with Crippen molar-refractivity contribution in [3.63, 3.8) is 0 Å². The molecule has 0 N–H and O–H groups in total. The lowest BCUT2D eigenvalue weighted by molar-refractivity contribution is -0.134. The van der Waals surface area contributed by atoms with Gasteiger partial charge in [0.2, 0.25) is 5.91 Å². The first-order chi connectivity index (χ1) is 14.7. The van der Waals surface area contributed by atoms with Crippen LogP contribution in [-0.4, -0.2) is 54.1 Å². The van der Waals surface area contributed by atoms with Gasteiger partial charge in [-0.3, -0.25) is 9.69 Å². The molecule has 2 saturated heterocycles. The van der Waals surface area contributed by atoms with Crippen LogP contribution in [0.2, 0.25) is 5.02 Å². The van der Waals surface area contributed by atoms with Gasteiger partial charge in [0.25, 0.3) is 0 Å². The zero-order chi connectivity index (χ0) is 20.8. The molecule has 0 unspecified atom stereocenters. The first-order valence-corrected chi connectivity index (χ1v) is 11.5. The highest BCUT2D eigenvalue weighted by atomic mass is 35.5. The Morgan fingerprint density at radius 3 is 2.13 bits per heavy atom. The molecule has 1 amide bonds. The summed E-state index contributed by atoms with van der Waals surface area (Å²) in [6.07, 6.45) is 5.06. The van der Waals surface area contributed by atoms with E-state index in [0.717, 1.165) is 64.0 Å². The van der Waals surface area contributed by atoms with Crippen LogP contribution >= 0.6 is 11.6 Å². The van der Waals surface area contributed by atoms with E-state index in [1.54, 1.807) is 0 Å². The maximum Gasteiger partial charge on any atom is 0.227 e. The molecule has 0 radical (unpaired) electrons. The first-order valence-electron chi connectivity index (χ1n) is 11.1. The van der Waals surface area contributed by atoms with E-state index in [1.807, 2.05) is 29.2 Å². The van der Waals surface area contributed by atoms with Gasteiger partial charge in [-0.15, -0.1) is 0 Å². The van der Waals surface area contributed by atoms with Crippen molar-refractivity contribution in [2.75, 3.05) is 26.2 Å². The SMILES string of the molecule is O=C(Cc1ccccc1Cl)N1CCC(OC2CCN(Cc3ccccc3)CC2)CC1. The maximum absolute atomic E-state index is 12.6. The van der Waals surface area contributed by atoms with Crippen molar-refractivity contribution in [1.29, 1.82) is 0 Å². The molecule has 5 heteroatoms. The third-order valence-electron chi connectivity index (χ3n) is 6.26.